The second kappa shape index (κ2) is 7.18. The molecule has 154 valence electrons. The van der Waals surface area contributed by atoms with E-state index in [2.05, 4.69) is 36.8 Å². The molecule has 30 heavy (non-hydrogen) atoms. The van der Waals surface area contributed by atoms with Gasteiger partial charge in [0.2, 0.25) is 11.5 Å². The van der Waals surface area contributed by atoms with Crippen molar-refractivity contribution in [3.05, 3.63) is 70.8 Å². The van der Waals surface area contributed by atoms with E-state index in [4.69, 9.17) is 16.1 Å². The van der Waals surface area contributed by atoms with E-state index in [0.29, 0.717) is 5.56 Å². The number of benzene rings is 2. The SMILES string of the molecule is CC(C)(C)c1ccc(C2(C(=N)NO)N=C(N)N=C2N=C2CCc3ccccc32)cc1. The summed E-state index contributed by atoms with van der Waals surface area (Å²) >= 11 is 0. The van der Waals surface area contributed by atoms with Crippen LogP contribution in [0.5, 0.6) is 0 Å². The Morgan fingerprint density at radius 2 is 1.83 bits per heavy atom. The van der Waals surface area contributed by atoms with Crippen molar-refractivity contribution in [1.82, 2.24) is 5.48 Å². The summed E-state index contributed by atoms with van der Waals surface area (Å²) in [5, 5.41) is 18.1. The highest BCUT2D eigenvalue weighted by molar-refractivity contribution is 6.24. The third kappa shape index (κ3) is 3.21. The molecule has 7 heteroatoms. The number of nitrogens with two attached hydrogens (primary N) is 1. The number of amidine groups is 2. The molecule has 0 aromatic heterocycles. The average Bonchev–Trinajstić information content (AvgIpc) is 3.28. The van der Waals surface area contributed by atoms with Gasteiger partial charge >= 0.3 is 0 Å². The summed E-state index contributed by atoms with van der Waals surface area (Å²) in [4.78, 5) is 13.6. The molecule has 0 fully saturated rings. The summed E-state index contributed by atoms with van der Waals surface area (Å²) in [5.74, 6) is 0.0585. The van der Waals surface area contributed by atoms with Gasteiger partial charge in [-0.1, -0.05) is 69.3 Å². The molecule has 5 N–H and O–H groups in total. The molecule has 0 radical (unpaired) electrons. The van der Waals surface area contributed by atoms with Crippen molar-refractivity contribution in [2.75, 3.05) is 0 Å². The molecule has 1 heterocycles. The van der Waals surface area contributed by atoms with Gasteiger partial charge in [-0.3, -0.25) is 16.1 Å². The second-order valence-electron chi connectivity index (χ2n) is 8.65. The van der Waals surface area contributed by atoms with Crippen LogP contribution in [0.2, 0.25) is 0 Å². The van der Waals surface area contributed by atoms with Crippen molar-refractivity contribution in [1.29, 1.82) is 5.41 Å². The molecule has 0 spiro atoms. The Kier molecular flexibility index (Phi) is 4.78. The molecular formula is C23H26N6O. The molecule has 1 unspecified atom stereocenters. The van der Waals surface area contributed by atoms with E-state index in [0.717, 1.165) is 29.7 Å². The Morgan fingerprint density at radius 3 is 2.50 bits per heavy atom. The smallest absolute Gasteiger partial charge is 0.219 e. The molecule has 2 aliphatic rings. The zero-order valence-corrected chi connectivity index (χ0v) is 17.4. The van der Waals surface area contributed by atoms with Crippen molar-refractivity contribution in [3.8, 4) is 0 Å². The zero-order chi connectivity index (χ0) is 21.5. The lowest BCUT2D eigenvalue weighted by molar-refractivity contribution is 0.227. The molecule has 1 atom stereocenters. The number of aryl methyl sites for hydroxylation is 1. The quantitative estimate of drug-likeness (QED) is 0.350. The Labute approximate surface area is 176 Å². The van der Waals surface area contributed by atoms with Gasteiger partial charge in [-0.25, -0.2) is 9.98 Å². The first kappa shape index (κ1) is 20.0. The Hall–Kier alpha value is -3.32. The molecule has 7 nitrogen and oxygen atoms in total. The van der Waals surface area contributed by atoms with Gasteiger partial charge in [0.15, 0.2) is 11.7 Å². The Morgan fingerprint density at radius 1 is 1.13 bits per heavy atom. The van der Waals surface area contributed by atoms with Crippen molar-refractivity contribution in [2.45, 2.75) is 44.6 Å². The van der Waals surface area contributed by atoms with Gasteiger partial charge in [0.25, 0.3) is 0 Å². The maximum absolute atomic E-state index is 9.64. The maximum atomic E-state index is 9.64. The standard InChI is InChI=1S/C23H26N6O/c1-22(2,3)15-9-11-16(12-10-15)23(19(24)29-30)20(27-21(25)28-23)26-18-13-8-14-6-4-5-7-17(14)18/h4-7,9-12,30H,8,13H2,1-3H3,(H2,24,29)(H2,25,28). The summed E-state index contributed by atoms with van der Waals surface area (Å²) in [6.07, 6.45) is 1.68. The molecule has 4 rings (SSSR count). The van der Waals surface area contributed by atoms with Crippen LogP contribution in [0.15, 0.2) is 63.5 Å². The number of hydroxylamine groups is 1. The predicted molar refractivity (Wildman–Crippen MR) is 120 cm³/mol. The Balaban J connectivity index is 1.84. The molecule has 2 aromatic rings. The lowest BCUT2D eigenvalue weighted by Gasteiger charge is -2.27. The monoisotopic (exact) mass is 402 g/mol. The number of nitrogens with zero attached hydrogens (tertiary/aromatic N) is 3. The fourth-order valence-corrected chi connectivity index (χ4v) is 3.99. The van der Waals surface area contributed by atoms with Crippen molar-refractivity contribution in [3.63, 3.8) is 0 Å². The first-order valence-corrected chi connectivity index (χ1v) is 9.96. The van der Waals surface area contributed by atoms with E-state index in [1.165, 1.54) is 5.56 Å². The number of rotatable bonds is 2. The highest BCUT2D eigenvalue weighted by Crippen LogP contribution is 2.35. The van der Waals surface area contributed by atoms with E-state index in [9.17, 15) is 5.21 Å². The fourth-order valence-electron chi connectivity index (χ4n) is 3.99. The van der Waals surface area contributed by atoms with Crippen LogP contribution in [0.1, 0.15) is 49.4 Å². The first-order valence-electron chi connectivity index (χ1n) is 9.96. The molecule has 0 saturated heterocycles. The highest BCUT2D eigenvalue weighted by Gasteiger charge is 2.47. The third-order valence-corrected chi connectivity index (χ3v) is 5.67. The number of nitrogens with one attached hydrogen (secondary N) is 2. The number of hydrogen-bond donors (Lipinski definition) is 4. The second-order valence-corrected chi connectivity index (χ2v) is 8.65. The summed E-state index contributed by atoms with van der Waals surface area (Å²) in [5.41, 5.74) is 11.5. The van der Waals surface area contributed by atoms with E-state index < -0.39 is 5.54 Å². The van der Waals surface area contributed by atoms with Crippen LogP contribution < -0.4 is 11.2 Å². The molecule has 2 aromatic carbocycles. The van der Waals surface area contributed by atoms with Crippen LogP contribution in [0, 0.1) is 5.41 Å². The van der Waals surface area contributed by atoms with Crippen LogP contribution in [-0.2, 0) is 17.4 Å². The number of fused-ring (bicyclic) bond motifs is 1. The van der Waals surface area contributed by atoms with E-state index in [1.54, 1.807) is 0 Å². The van der Waals surface area contributed by atoms with Crippen LogP contribution in [-0.4, -0.2) is 28.5 Å². The number of aliphatic imine (C=N–C) groups is 3. The van der Waals surface area contributed by atoms with E-state index in [1.807, 2.05) is 47.9 Å². The average molecular weight is 403 g/mol. The number of guanidine groups is 1. The van der Waals surface area contributed by atoms with Gasteiger partial charge in [0, 0.05) is 0 Å². The zero-order valence-electron chi connectivity index (χ0n) is 17.4. The highest BCUT2D eigenvalue weighted by atomic mass is 16.5. The van der Waals surface area contributed by atoms with Crippen LogP contribution in [0.25, 0.3) is 0 Å². The summed E-state index contributed by atoms with van der Waals surface area (Å²) in [7, 11) is 0. The van der Waals surface area contributed by atoms with Crippen LogP contribution in [0.4, 0.5) is 0 Å². The van der Waals surface area contributed by atoms with Gasteiger partial charge in [0.05, 0.1) is 5.71 Å². The minimum absolute atomic E-state index is 0.0168. The van der Waals surface area contributed by atoms with E-state index in [-0.39, 0.29) is 23.0 Å². The van der Waals surface area contributed by atoms with Crippen LogP contribution in [0.3, 0.4) is 0 Å². The Bertz CT molecular complexity index is 1090. The van der Waals surface area contributed by atoms with Crippen molar-refractivity contribution in [2.24, 2.45) is 20.7 Å². The molecule has 1 aliphatic heterocycles. The van der Waals surface area contributed by atoms with E-state index >= 15 is 0 Å². The molecular weight excluding hydrogens is 376 g/mol. The van der Waals surface area contributed by atoms with Crippen molar-refractivity contribution >= 4 is 23.3 Å². The normalized spacial score (nSPS) is 21.9. The molecule has 0 bridgehead atoms. The first-order chi connectivity index (χ1) is 14.3. The van der Waals surface area contributed by atoms with Gasteiger partial charge in [-0.2, -0.15) is 4.99 Å². The lowest BCUT2D eigenvalue weighted by atomic mass is 9.83. The minimum atomic E-state index is -1.42. The summed E-state index contributed by atoms with van der Waals surface area (Å²) in [6.45, 7) is 6.41. The minimum Gasteiger partial charge on any atom is -0.368 e. The van der Waals surface area contributed by atoms with Crippen LogP contribution >= 0.6 is 0 Å². The number of hydrogen-bond acceptors (Lipinski definition) is 6. The molecule has 0 saturated carbocycles. The third-order valence-electron chi connectivity index (χ3n) is 5.67. The van der Waals surface area contributed by atoms with Gasteiger partial charge < -0.3 is 5.73 Å². The lowest BCUT2D eigenvalue weighted by Crippen LogP contribution is -2.46. The van der Waals surface area contributed by atoms with Gasteiger partial charge in [-0.15, -0.1) is 0 Å². The summed E-state index contributed by atoms with van der Waals surface area (Å²) < 4.78 is 0. The fraction of sp³-hybridized carbons (Fsp3) is 0.304. The topological polar surface area (TPSA) is 119 Å². The van der Waals surface area contributed by atoms with Gasteiger partial charge in [0.1, 0.15) is 0 Å². The predicted octanol–water partition coefficient (Wildman–Crippen LogP) is 3.30. The maximum Gasteiger partial charge on any atom is 0.219 e. The summed E-state index contributed by atoms with van der Waals surface area (Å²) in [6, 6.07) is 15.9. The van der Waals surface area contributed by atoms with Crippen molar-refractivity contribution < 1.29 is 5.21 Å². The van der Waals surface area contributed by atoms with Gasteiger partial charge in [-0.05, 0) is 40.5 Å². The molecule has 0 amide bonds. The largest absolute Gasteiger partial charge is 0.368 e. The molecule has 1 aliphatic carbocycles.